The molecule has 7 nitrogen and oxygen atoms in total. The topological polar surface area (TPSA) is 90.3 Å². The molecule has 9 heteroatoms. The van der Waals surface area contributed by atoms with Gasteiger partial charge in [-0.15, -0.1) is 0 Å². The molecule has 0 radical (unpaired) electrons. The van der Waals surface area contributed by atoms with Crippen LogP contribution in [0.3, 0.4) is 0 Å². The monoisotopic (exact) mass is 469 g/mol. The van der Waals surface area contributed by atoms with Crippen LogP contribution in [0.15, 0.2) is 27.7 Å². The first kappa shape index (κ1) is 21.0. The number of Topliss-reactive ketones (excluding diaryl/α,β-unsaturated/α-hetero) is 1. The Morgan fingerprint density at radius 2 is 2.21 bits per heavy atom. The van der Waals surface area contributed by atoms with Crippen LogP contribution in [0, 0.1) is 0 Å². The Morgan fingerprint density at radius 3 is 2.96 bits per heavy atom. The van der Waals surface area contributed by atoms with Crippen LogP contribution in [0.1, 0.15) is 32.6 Å². The highest BCUT2D eigenvalue weighted by atomic mass is 79.9. The predicted molar refractivity (Wildman–Crippen MR) is 110 cm³/mol. The molecule has 3 rings (SSSR count). The highest BCUT2D eigenvalue weighted by Gasteiger charge is 2.29. The van der Waals surface area contributed by atoms with Crippen molar-refractivity contribution >= 4 is 50.2 Å². The molecular formula is C19H21BrClN3O4. The van der Waals surface area contributed by atoms with Crippen molar-refractivity contribution in [2.24, 2.45) is 0 Å². The van der Waals surface area contributed by atoms with Gasteiger partial charge in [-0.2, -0.15) is 0 Å². The lowest BCUT2D eigenvalue weighted by atomic mass is 9.96. The third-order valence-electron chi connectivity index (χ3n) is 4.75. The Morgan fingerprint density at radius 1 is 1.43 bits per heavy atom. The highest BCUT2D eigenvalue weighted by molar-refractivity contribution is 9.10. The summed E-state index contributed by atoms with van der Waals surface area (Å²) in [5, 5.41) is 4.01. The van der Waals surface area contributed by atoms with Crippen molar-refractivity contribution in [3.63, 3.8) is 0 Å². The second-order valence-electron chi connectivity index (χ2n) is 6.79. The molecule has 1 fully saturated rings. The molecule has 0 bridgehead atoms. The SMILES string of the molecule is CCC(=O)OC1CCCNC1CC(=O)Cn1cnc2cc(Br)c(Cl)cc2c1=O. The number of nitrogens with zero attached hydrogens (tertiary/aromatic N) is 2. The van der Waals surface area contributed by atoms with E-state index in [1.165, 1.54) is 10.9 Å². The van der Waals surface area contributed by atoms with E-state index in [9.17, 15) is 14.4 Å². The second kappa shape index (κ2) is 9.15. The van der Waals surface area contributed by atoms with Crippen molar-refractivity contribution in [1.82, 2.24) is 14.9 Å². The summed E-state index contributed by atoms with van der Waals surface area (Å²) in [7, 11) is 0. The molecule has 1 saturated heterocycles. The largest absolute Gasteiger partial charge is 0.461 e. The number of nitrogens with one attached hydrogen (secondary N) is 1. The summed E-state index contributed by atoms with van der Waals surface area (Å²) < 4.78 is 7.39. The van der Waals surface area contributed by atoms with Gasteiger partial charge in [-0.1, -0.05) is 18.5 Å². The molecule has 0 aliphatic carbocycles. The number of esters is 1. The zero-order valence-corrected chi connectivity index (χ0v) is 17.8. The molecule has 2 aromatic rings. The van der Waals surface area contributed by atoms with Crippen LogP contribution < -0.4 is 10.9 Å². The molecule has 0 amide bonds. The predicted octanol–water partition coefficient (Wildman–Crippen LogP) is 2.85. The van der Waals surface area contributed by atoms with Crippen LogP contribution in [-0.2, 0) is 20.9 Å². The molecule has 1 aromatic carbocycles. The first-order chi connectivity index (χ1) is 13.4. The van der Waals surface area contributed by atoms with E-state index in [2.05, 4.69) is 26.2 Å². The number of benzene rings is 1. The third kappa shape index (κ3) is 4.79. The van der Waals surface area contributed by atoms with Crippen molar-refractivity contribution < 1.29 is 14.3 Å². The van der Waals surface area contributed by atoms with Gasteiger partial charge in [0.1, 0.15) is 6.10 Å². The number of halogens is 2. The van der Waals surface area contributed by atoms with Crippen molar-refractivity contribution in [1.29, 1.82) is 0 Å². The van der Waals surface area contributed by atoms with Crippen LogP contribution in [0.5, 0.6) is 0 Å². The number of piperidine rings is 1. The zero-order valence-electron chi connectivity index (χ0n) is 15.4. The molecule has 28 heavy (non-hydrogen) atoms. The van der Waals surface area contributed by atoms with Crippen LogP contribution in [0.2, 0.25) is 5.02 Å². The van der Waals surface area contributed by atoms with Crippen LogP contribution in [0.25, 0.3) is 10.9 Å². The molecule has 1 aromatic heterocycles. The number of hydrogen-bond acceptors (Lipinski definition) is 6. The Labute approximate surface area is 175 Å². The number of ketones is 1. The molecule has 1 aliphatic rings. The maximum absolute atomic E-state index is 12.7. The van der Waals surface area contributed by atoms with Gasteiger partial charge in [-0.05, 0) is 47.4 Å². The Balaban J connectivity index is 1.73. The maximum Gasteiger partial charge on any atom is 0.305 e. The van der Waals surface area contributed by atoms with E-state index in [0.29, 0.717) is 26.8 Å². The van der Waals surface area contributed by atoms with Crippen LogP contribution in [0.4, 0.5) is 0 Å². The summed E-state index contributed by atoms with van der Waals surface area (Å²) in [5.41, 5.74) is 0.184. The molecule has 2 heterocycles. The summed E-state index contributed by atoms with van der Waals surface area (Å²) in [5.74, 6) is -0.410. The second-order valence-corrected chi connectivity index (χ2v) is 8.05. The van der Waals surface area contributed by atoms with Gasteiger partial charge >= 0.3 is 5.97 Å². The summed E-state index contributed by atoms with van der Waals surface area (Å²) in [4.78, 5) is 41.1. The standard InChI is InChI=1S/C19H21BrClN3O4/c1-2-18(26)28-17-4-3-5-22-16(17)6-11(25)9-24-10-23-15-8-13(20)14(21)7-12(15)19(24)27/h7-8,10,16-17,22H,2-6,9H2,1H3. The molecular weight excluding hydrogens is 450 g/mol. The van der Waals surface area contributed by atoms with Crippen molar-refractivity contribution in [2.75, 3.05) is 6.54 Å². The Hall–Kier alpha value is -1.77. The number of rotatable bonds is 6. The van der Waals surface area contributed by atoms with Crippen LogP contribution >= 0.6 is 27.5 Å². The van der Waals surface area contributed by atoms with E-state index in [1.807, 2.05) is 0 Å². The van der Waals surface area contributed by atoms with Gasteiger partial charge in [0, 0.05) is 17.3 Å². The lowest BCUT2D eigenvalue weighted by Gasteiger charge is -2.31. The molecule has 1 aliphatic heterocycles. The Kier molecular flexibility index (Phi) is 6.85. The molecule has 150 valence electrons. The minimum Gasteiger partial charge on any atom is -0.461 e. The van der Waals surface area contributed by atoms with Gasteiger partial charge in [-0.25, -0.2) is 4.98 Å². The third-order valence-corrected chi connectivity index (χ3v) is 5.95. The molecule has 2 unspecified atom stereocenters. The number of aromatic nitrogens is 2. The first-order valence-corrected chi connectivity index (χ1v) is 10.3. The quantitative estimate of drug-likeness (QED) is 0.653. The van der Waals surface area contributed by atoms with Gasteiger partial charge in [0.25, 0.3) is 5.56 Å². The molecule has 0 saturated carbocycles. The Bertz CT molecular complexity index is 962. The average Bonchev–Trinajstić information content (AvgIpc) is 2.67. The van der Waals surface area contributed by atoms with E-state index >= 15 is 0 Å². The van der Waals surface area contributed by atoms with Crippen LogP contribution in [-0.4, -0.2) is 40.0 Å². The summed E-state index contributed by atoms with van der Waals surface area (Å²) in [6.07, 6.45) is 3.12. The summed E-state index contributed by atoms with van der Waals surface area (Å²) >= 11 is 9.38. The fourth-order valence-corrected chi connectivity index (χ4v) is 3.78. The smallest absolute Gasteiger partial charge is 0.305 e. The van der Waals surface area contributed by atoms with E-state index in [-0.39, 0.29) is 42.4 Å². The average molecular weight is 471 g/mol. The lowest BCUT2D eigenvalue weighted by molar-refractivity contribution is -0.152. The van der Waals surface area contributed by atoms with Crippen molar-refractivity contribution in [2.45, 2.75) is 51.3 Å². The minimum atomic E-state index is -0.326. The van der Waals surface area contributed by atoms with E-state index < -0.39 is 0 Å². The number of fused-ring (bicyclic) bond motifs is 1. The van der Waals surface area contributed by atoms with Crippen molar-refractivity contribution in [3.05, 3.63) is 38.3 Å². The van der Waals surface area contributed by atoms with Gasteiger partial charge in [0.05, 0.1) is 34.8 Å². The molecule has 0 spiro atoms. The number of ether oxygens (including phenoxy) is 1. The van der Waals surface area contributed by atoms with E-state index in [4.69, 9.17) is 16.3 Å². The van der Waals surface area contributed by atoms with Gasteiger partial charge in [0.2, 0.25) is 0 Å². The summed E-state index contributed by atoms with van der Waals surface area (Å²) in [6.45, 7) is 2.41. The molecule has 2 atom stereocenters. The van der Waals surface area contributed by atoms with Crippen molar-refractivity contribution in [3.8, 4) is 0 Å². The lowest BCUT2D eigenvalue weighted by Crippen LogP contribution is -2.48. The fraction of sp³-hybridized carbons (Fsp3) is 0.474. The van der Waals surface area contributed by atoms with Gasteiger partial charge in [0.15, 0.2) is 5.78 Å². The maximum atomic E-state index is 12.7. The van der Waals surface area contributed by atoms with E-state index in [1.54, 1.807) is 19.1 Å². The number of hydrogen-bond donors (Lipinski definition) is 1. The summed E-state index contributed by atoms with van der Waals surface area (Å²) in [6, 6.07) is 2.97. The number of carbonyl (C=O) groups excluding carboxylic acids is 2. The van der Waals surface area contributed by atoms with Gasteiger partial charge in [-0.3, -0.25) is 19.0 Å². The highest BCUT2D eigenvalue weighted by Crippen LogP contribution is 2.25. The zero-order chi connectivity index (χ0) is 20.3. The van der Waals surface area contributed by atoms with Gasteiger partial charge < -0.3 is 10.1 Å². The normalized spacial score (nSPS) is 19.5. The molecule has 1 N–H and O–H groups in total. The fourth-order valence-electron chi connectivity index (χ4n) is 3.29. The first-order valence-electron chi connectivity index (χ1n) is 9.17. The number of carbonyl (C=O) groups is 2. The minimum absolute atomic E-state index is 0.0952. The van der Waals surface area contributed by atoms with E-state index in [0.717, 1.165) is 19.4 Å².